The van der Waals surface area contributed by atoms with Gasteiger partial charge in [-0.2, -0.15) is 0 Å². The van der Waals surface area contributed by atoms with Gasteiger partial charge in [0.1, 0.15) is 5.82 Å². The van der Waals surface area contributed by atoms with Crippen molar-refractivity contribution in [1.82, 2.24) is 9.97 Å². The van der Waals surface area contributed by atoms with Gasteiger partial charge in [0.25, 0.3) is 0 Å². The number of carbonyl (C=O) groups excluding carboxylic acids is 1. The molecule has 1 amide bonds. The van der Waals surface area contributed by atoms with Gasteiger partial charge in [-0.1, -0.05) is 37.8 Å². The van der Waals surface area contributed by atoms with Gasteiger partial charge in [-0.25, -0.2) is 4.98 Å². The van der Waals surface area contributed by atoms with Crippen LogP contribution < -0.4 is 5.32 Å². The Morgan fingerprint density at radius 2 is 1.65 bits per heavy atom. The second kappa shape index (κ2) is 6.92. The number of aromatic amines is 1. The van der Waals surface area contributed by atoms with Crippen molar-refractivity contribution in [2.24, 2.45) is 0 Å². The number of hydrogen-bond acceptors (Lipinski definition) is 2. The van der Waals surface area contributed by atoms with E-state index in [-0.39, 0.29) is 13.3 Å². The van der Waals surface area contributed by atoms with Gasteiger partial charge in [-0.3, -0.25) is 4.79 Å². The van der Waals surface area contributed by atoms with Crippen LogP contribution >= 0.6 is 0 Å². The number of anilines is 1. The summed E-state index contributed by atoms with van der Waals surface area (Å²) < 4.78 is 0. The first-order valence-corrected chi connectivity index (χ1v) is 7.13. The van der Waals surface area contributed by atoms with Crippen molar-refractivity contribution < 1.29 is 4.79 Å². The highest BCUT2D eigenvalue weighted by atomic mass is 16.1. The number of nitrogens with zero attached hydrogens (tertiary/aromatic N) is 1. The summed E-state index contributed by atoms with van der Waals surface area (Å²) in [6.07, 6.45) is 0. The first-order valence-electron chi connectivity index (χ1n) is 7.13. The monoisotopic (exact) mass is 307 g/mol. The molecule has 0 aliphatic carbocycles. The minimum absolute atomic E-state index is 0. The van der Waals surface area contributed by atoms with Crippen LogP contribution in [-0.2, 0) is 4.79 Å². The van der Waals surface area contributed by atoms with Gasteiger partial charge in [-0.15, -0.1) is 0 Å². The lowest BCUT2D eigenvalue weighted by atomic mass is 10.1. The second-order valence-corrected chi connectivity index (χ2v) is 5.18. The highest BCUT2D eigenvalue weighted by Crippen LogP contribution is 2.26. The third kappa shape index (κ3) is 3.66. The number of aryl methyl sites for hydroxylation is 1. The van der Waals surface area contributed by atoms with Gasteiger partial charge in [0, 0.05) is 29.4 Å². The molecule has 0 spiro atoms. The Hall–Kier alpha value is -2.88. The van der Waals surface area contributed by atoms with E-state index >= 15 is 0 Å². The van der Waals surface area contributed by atoms with Crippen LogP contribution in [0.15, 0.2) is 54.6 Å². The molecule has 2 aromatic carbocycles. The van der Waals surface area contributed by atoms with Crippen molar-refractivity contribution in [3.63, 3.8) is 0 Å². The number of nitrogens with one attached hydrogen (secondary N) is 2. The zero-order valence-electron chi connectivity index (χ0n) is 12.6. The Morgan fingerprint density at radius 1 is 1.00 bits per heavy atom. The fourth-order valence-corrected chi connectivity index (χ4v) is 2.39. The molecular weight excluding hydrogens is 286 g/mol. The number of H-pyrrole nitrogens is 1. The number of amides is 1. The summed E-state index contributed by atoms with van der Waals surface area (Å²) >= 11 is 0. The number of imidazole rings is 1. The minimum Gasteiger partial charge on any atom is -0.342 e. The van der Waals surface area contributed by atoms with E-state index in [0.717, 1.165) is 34.0 Å². The van der Waals surface area contributed by atoms with Crippen molar-refractivity contribution in [2.75, 3.05) is 5.32 Å². The fourth-order valence-electron chi connectivity index (χ4n) is 2.39. The summed E-state index contributed by atoms with van der Waals surface area (Å²) in [7, 11) is 0. The first kappa shape index (κ1) is 16.5. The predicted molar refractivity (Wildman–Crippen MR) is 95.2 cm³/mol. The number of hydrogen-bond donors (Lipinski definition) is 2. The summed E-state index contributed by atoms with van der Waals surface area (Å²) in [5, 5.41) is 2.76. The van der Waals surface area contributed by atoms with E-state index < -0.39 is 0 Å². The van der Waals surface area contributed by atoms with Crippen LogP contribution in [0.2, 0.25) is 0 Å². The van der Waals surface area contributed by atoms with Gasteiger partial charge in [0.05, 0.1) is 5.69 Å². The molecule has 4 nitrogen and oxygen atoms in total. The molecule has 0 fully saturated rings. The molecule has 0 aliphatic rings. The quantitative estimate of drug-likeness (QED) is 0.740. The molecule has 0 saturated carbocycles. The minimum atomic E-state index is -0.0760. The summed E-state index contributed by atoms with van der Waals surface area (Å²) in [6, 6.07) is 17.7. The van der Waals surface area contributed by atoms with E-state index in [1.807, 2.05) is 61.5 Å². The molecule has 0 radical (unpaired) electrons. The summed E-state index contributed by atoms with van der Waals surface area (Å²) in [5.74, 6) is 0.749. The molecule has 23 heavy (non-hydrogen) atoms. The van der Waals surface area contributed by atoms with Crippen molar-refractivity contribution in [2.45, 2.75) is 21.3 Å². The largest absolute Gasteiger partial charge is 0.342 e. The second-order valence-electron chi connectivity index (χ2n) is 5.18. The van der Waals surface area contributed by atoms with Crippen molar-refractivity contribution >= 4 is 11.6 Å². The normalized spacial score (nSPS) is 10.0. The van der Waals surface area contributed by atoms with Crippen LogP contribution in [0.4, 0.5) is 5.69 Å². The average Bonchev–Trinajstić information content (AvgIpc) is 2.90. The molecule has 4 heteroatoms. The van der Waals surface area contributed by atoms with Crippen molar-refractivity contribution in [3.05, 3.63) is 60.3 Å². The topological polar surface area (TPSA) is 57.8 Å². The molecule has 0 aliphatic heterocycles. The van der Waals surface area contributed by atoms with Crippen LogP contribution in [0.5, 0.6) is 0 Å². The molecule has 118 valence electrons. The highest BCUT2D eigenvalue weighted by Gasteiger charge is 2.10. The van der Waals surface area contributed by atoms with E-state index in [2.05, 4.69) is 10.3 Å². The smallest absolute Gasteiger partial charge is 0.221 e. The number of rotatable bonds is 3. The van der Waals surface area contributed by atoms with Gasteiger partial charge >= 0.3 is 0 Å². The standard InChI is InChI=1S/C18H17N3O.CH4/c1-12-17(14-6-4-3-5-7-14)21-18(19-12)15-8-10-16(11-9-15)20-13(2)22;/h3-11H,1-2H3,(H,19,21)(H,20,22);1H4. The first-order chi connectivity index (χ1) is 10.6. The van der Waals surface area contributed by atoms with Gasteiger partial charge in [-0.05, 0) is 31.2 Å². The van der Waals surface area contributed by atoms with Gasteiger partial charge in [0.2, 0.25) is 5.91 Å². The molecule has 0 bridgehead atoms. The van der Waals surface area contributed by atoms with Crippen molar-refractivity contribution in [3.8, 4) is 22.6 Å². The van der Waals surface area contributed by atoms with Crippen LogP contribution in [0.1, 0.15) is 20.0 Å². The van der Waals surface area contributed by atoms with Crippen LogP contribution in [0, 0.1) is 6.92 Å². The van der Waals surface area contributed by atoms with Crippen molar-refractivity contribution in [1.29, 1.82) is 0 Å². The third-order valence-electron chi connectivity index (χ3n) is 3.41. The number of aromatic nitrogens is 2. The zero-order chi connectivity index (χ0) is 15.5. The molecule has 3 aromatic rings. The molecular formula is C19H21N3O. The lowest BCUT2D eigenvalue weighted by molar-refractivity contribution is -0.114. The van der Waals surface area contributed by atoms with E-state index in [9.17, 15) is 4.79 Å². The Kier molecular flexibility index (Phi) is 4.96. The molecule has 0 atom stereocenters. The Labute approximate surface area is 136 Å². The number of benzene rings is 2. The third-order valence-corrected chi connectivity index (χ3v) is 3.41. The zero-order valence-corrected chi connectivity index (χ0v) is 12.6. The maximum absolute atomic E-state index is 11.0. The van der Waals surface area contributed by atoms with Crippen LogP contribution in [0.3, 0.4) is 0 Å². The van der Waals surface area contributed by atoms with Gasteiger partial charge < -0.3 is 10.3 Å². The Bertz CT molecular complexity index is 789. The fraction of sp³-hybridized carbons (Fsp3) is 0.158. The summed E-state index contributed by atoms with van der Waals surface area (Å²) in [4.78, 5) is 19.1. The van der Waals surface area contributed by atoms with Gasteiger partial charge in [0.15, 0.2) is 0 Å². The number of carbonyl (C=O) groups is 1. The maximum Gasteiger partial charge on any atom is 0.221 e. The van der Waals surface area contributed by atoms with Crippen LogP contribution in [-0.4, -0.2) is 15.9 Å². The lowest BCUT2D eigenvalue weighted by Crippen LogP contribution is -2.05. The Morgan fingerprint density at radius 3 is 2.26 bits per heavy atom. The average molecular weight is 307 g/mol. The molecule has 0 saturated heterocycles. The molecule has 3 rings (SSSR count). The van der Waals surface area contributed by atoms with E-state index in [0.29, 0.717) is 0 Å². The molecule has 2 N–H and O–H groups in total. The van der Waals surface area contributed by atoms with E-state index in [1.165, 1.54) is 6.92 Å². The summed E-state index contributed by atoms with van der Waals surface area (Å²) in [5.41, 5.74) is 4.85. The van der Waals surface area contributed by atoms with E-state index in [4.69, 9.17) is 4.98 Å². The molecule has 1 heterocycles. The predicted octanol–water partition coefficient (Wildman–Crippen LogP) is 4.65. The van der Waals surface area contributed by atoms with Crippen LogP contribution in [0.25, 0.3) is 22.6 Å². The highest BCUT2D eigenvalue weighted by molar-refractivity contribution is 5.88. The molecule has 1 aromatic heterocycles. The molecule has 0 unspecified atom stereocenters. The lowest BCUT2D eigenvalue weighted by Gasteiger charge is -2.02. The Balaban J connectivity index is 0.00000192. The van der Waals surface area contributed by atoms with E-state index in [1.54, 1.807) is 0 Å². The summed E-state index contributed by atoms with van der Waals surface area (Å²) in [6.45, 7) is 3.51. The maximum atomic E-state index is 11.0. The SMILES string of the molecule is C.CC(=O)Nc1ccc(-c2nc(-c3ccccc3)c(C)[nH]2)cc1.